The second-order valence-corrected chi connectivity index (χ2v) is 6.73. The zero-order valence-corrected chi connectivity index (χ0v) is 14.3. The van der Waals surface area contributed by atoms with E-state index in [2.05, 4.69) is 25.4 Å². The summed E-state index contributed by atoms with van der Waals surface area (Å²) in [4.78, 5) is 27.3. The van der Waals surface area contributed by atoms with Crippen LogP contribution in [0.4, 0.5) is 4.79 Å². The van der Waals surface area contributed by atoms with E-state index in [1.165, 1.54) is 12.8 Å². The number of hydrogen-bond acceptors (Lipinski definition) is 6. The third kappa shape index (κ3) is 3.62. The fourth-order valence-electron chi connectivity index (χ4n) is 3.19. The third-order valence-corrected chi connectivity index (χ3v) is 4.71. The topological polar surface area (TPSA) is 97.0 Å². The molecule has 1 aliphatic heterocycles. The largest absolute Gasteiger partial charge is 0.340 e. The third-order valence-electron chi connectivity index (χ3n) is 4.71. The van der Waals surface area contributed by atoms with Crippen molar-refractivity contribution in [3.8, 4) is 0 Å². The van der Waals surface area contributed by atoms with Crippen molar-refractivity contribution in [1.29, 1.82) is 0 Å². The van der Waals surface area contributed by atoms with Gasteiger partial charge in [-0.15, -0.1) is 0 Å². The lowest BCUT2D eigenvalue weighted by Gasteiger charge is -2.22. The molecule has 2 aromatic rings. The lowest BCUT2D eigenvalue weighted by Crippen LogP contribution is -2.40. The number of carbonyl (C=O) groups excluding carboxylic acids is 1. The molecule has 0 aromatic carbocycles. The van der Waals surface area contributed by atoms with Crippen LogP contribution >= 0.6 is 0 Å². The number of hydrogen-bond donors (Lipinski definition) is 1. The summed E-state index contributed by atoms with van der Waals surface area (Å²) in [6.45, 7) is 3.02. The Labute approximate surface area is 146 Å². The van der Waals surface area contributed by atoms with E-state index < -0.39 is 0 Å². The summed E-state index contributed by atoms with van der Waals surface area (Å²) in [6, 6.07) is -0.181. The van der Waals surface area contributed by atoms with Gasteiger partial charge in [0.1, 0.15) is 5.82 Å². The standard InChI is InChI=1S/C17H22N6O2/c1-11-21-16(22-25-11)14-3-2-8-23(14)17(24)18-7-6-12-9-19-15(20-10-12)13-4-5-13/h9-10,13-14H,2-8H2,1H3,(H,18,24). The van der Waals surface area contributed by atoms with Crippen LogP contribution in [0, 0.1) is 6.92 Å². The van der Waals surface area contributed by atoms with Gasteiger partial charge in [0.2, 0.25) is 5.89 Å². The summed E-state index contributed by atoms with van der Waals surface area (Å²) in [6.07, 6.45) is 8.67. The van der Waals surface area contributed by atoms with Crippen molar-refractivity contribution in [1.82, 2.24) is 30.3 Å². The molecule has 3 heterocycles. The molecule has 1 unspecified atom stereocenters. The molecule has 1 aliphatic carbocycles. The van der Waals surface area contributed by atoms with Crippen LogP contribution in [0.1, 0.15) is 60.7 Å². The Bertz CT molecular complexity index is 740. The van der Waals surface area contributed by atoms with Gasteiger partial charge in [0.25, 0.3) is 0 Å². The number of likely N-dealkylation sites (tertiary alicyclic amines) is 1. The summed E-state index contributed by atoms with van der Waals surface area (Å²) in [5, 5.41) is 6.94. The summed E-state index contributed by atoms with van der Waals surface area (Å²) in [7, 11) is 0. The minimum absolute atomic E-state index is 0.0829. The molecule has 1 N–H and O–H groups in total. The van der Waals surface area contributed by atoms with Crippen molar-refractivity contribution < 1.29 is 9.32 Å². The maximum atomic E-state index is 12.5. The number of aryl methyl sites for hydroxylation is 1. The Morgan fingerprint density at radius 1 is 1.28 bits per heavy atom. The van der Waals surface area contributed by atoms with E-state index in [1.54, 1.807) is 11.8 Å². The number of nitrogens with one attached hydrogen (secondary N) is 1. The van der Waals surface area contributed by atoms with Crippen molar-refractivity contribution in [3.05, 3.63) is 35.5 Å². The Morgan fingerprint density at radius 3 is 2.76 bits per heavy atom. The van der Waals surface area contributed by atoms with Gasteiger partial charge >= 0.3 is 6.03 Å². The highest BCUT2D eigenvalue weighted by atomic mass is 16.5. The number of carbonyl (C=O) groups is 1. The maximum absolute atomic E-state index is 12.5. The van der Waals surface area contributed by atoms with Crippen LogP contribution in [0.2, 0.25) is 0 Å². The fourth-order valence-corrected chi connectivity index (χ4v) is 3.19. The van der Waals surface area contributed by atoms with E-state index in [0.29, 0.717) is 30.7 Å². The van der Waals surface area contributed by atoms with E-state index in [-0.39, 0.29) is 12.1 Å². The Hall–Kier alpha value is -2.51. The number of urea groups is 1. The molecule has 2 fully saturated rings. The van der Waals surface area contributed by atoms with Gasteiger partial charge < -0.3 is 14.7 Å². The van der Waals surface area contributed by atoms with Gasteiger partial charge in [-0.2, -0.15) is 4.98 Å². The quantitative estimate of drug-likeness (QED) is 0.894. The molecule has 4 rings (SSSR count). The van der Waals surface area contributed by atoms with Gasteiger partial charge in [0, 0.05) is 38.3 Å². The Kier molecular flexibility index (Phi) is 4.33. The molecule has 2 aliphatic rings. The molecule has 2 aromatic heterocycles. The van der Waals surface area contributed by atoms with Crippen molar-refractivity contribution in [2.75, 3.05) is 13.1 Å². The highest BCUT2D eigenvalue weighted by molar-refractivity contribution is 5.74. The van der Waals surface area contributed by atoms with Gasteiger partial charge in [0.15, 0.2) is 5.82 Å². The normalized spacial score (nSPS) is 20.0. The first-order chi connectivity index (χ1) is 12.2. The smallest absolute Gasteiger partial charge is 0.318 e. The van der Waals surface area contributed by atoms with Crippen LogP contribution < -0.4 is 5.32 Å². The van der Waals surface area contributed by atoms with Crippen LogP contribution in [0.3, 0.4) is 0 Å². The fraction of sp³-hybridized carbons (Fsp3) is 0.588. The highest BCUT2D eigenvalue weighted by Gasteiger charge is 2.33. The molecule has 0 radical (unpaired) electrons. The van der Waals surface area contributed by atoms with E-state index in [0.717, 1.165) is 30.7 Å². The van der Waals surface area contributed by atoms with Gasteiger partial charge in [-0.25, -0.2) is 14.8 Å². The zero-order chi connectivity index (χ0) is 17.2. The lowest BCUT2D eigenvalue weighted by atomic mass is 10.2. The molecule has 8 nitrogen and oxygen atoms in total. The second-order valence-electron chi connectivity index (χ2n) is 6.73. The number of aromatic nitrogens is 4. The first kappa shape index (κ1) is 16.0. The predicted molar refractivity (Wildman–Crippen MR) is 88.8 cm³/mol. The minimum Gasteiger partial charge on any atom is -0.340 e. The molecule has 1 atom stereocenters. The first-order valence-corrected chi connectivity index (χ1v) is 8.86. The van der Waals surface area contributed by atoms with Crippen LogP contribution in [0.5, 0.6) is 0 Å². The van der Waals surface area contributed by atoms with Crippen LogP contribution in [-0.2, 0) is 6.42 Å². The summed E-state index contributed by atoms with van der Waals surface area (Å²) >= 11 is 0. The minimum atomic E-state index is -0.0985. The van der Waals surface area contributed by atoms with Gasteiger partial charge in [0.05, 0.1) is 6.04 Å². The SMILES string of the molecule is Cc1nc(C2CCCN2C(=O)NCCc2cnc(C3CC3)nc2)no1. The van der Waals surface area contributed by atoms with Crippen LogP contribution in [-0.4, -0.2) is 44.1 Å². The zero-order valence-electron chi connectivity index (χ0n) is 14.3. The molecule has 2 amide bonds. The average Bonchev–Trinajstić information content (AvgIpc) is 3.19. The Morgan fingerprint density at radius 2 is 2.08 bits per heavy atom. The molecule has 25 heavy (non-hydrogen) atoms. The molecular weight excluding hydrogens is 320 g/mol. The van der Waals surface area contributed by atoms with Crippen LogP contribution in [0.15, 0.2) is 16.9 Å². The monoisotopic (exact) mass is 342 g/mol. The Balaban J connectivity index is 1.29. The predicted octanol–water partition coefficient (Wildman–Crippen LogP) is 2.13. The summed E-state index contributed by atoms with van der Waals surface area (Å²) in [5.74, 6) is 2.63. The maximum Gasteiger partial charge on any atom is 0.318 e. The van der Waals surface area contributed by atoms with Crippen molar-refractivity contribution >= 4 is 6.03 Å². The molecule has 132 valence electrons. The van der Waals surface area contributed by atoms with Crippen molar-refractivity contribution in [2.24, 2.45) is 0 Å². The molecular formula is C17H22N6O2. The van der Waals surface area contributed by atoms with Crippen molar-refractivity contribution in [3.63, 3.8) is 0 Å². The van der Waals surface area contributed by atoms with E-state index in [9.17, 15) is 4.79 Å². The molecule has 8 heteroatoms. The van der Waals surface area contributed by atoms with Gasteiger partial charge in [-0.3, -0.25) is 0 Å². The van der Waals surface area contributed by atoms with Gasteiger partial charge in [-0.1, -0.05) is 5.16 Å². The number of rotatable bonds is 5. The second kappa shape index (κ2) is 6.78. The number of nitrogens with zero attached hydrogens (tertiary/aromatic N) is 5. The first-order valence-electron chi connectivity index (χ1n) is 8.86. The summed E-state index contributed by atoms with van der Waals surface area (Å²) in [5.41, 5.74) is 1.04. The van der Waals surface area contributed by atoms with Gasteiger partial charge in [-0.05, 0) is 37.7 Å². The lowest BCUT2D eigenvalue weighted by molar-refractivity contribution is 0.190. The molecule has 1 saturated heterocycles. The molecule has 1 saturated carbocycles. The van der Waals surface area contributed by atoms with Crippen LogP contribution in [0.25, 0.3) is 0 Å². The van der Waals surface area contributed by atoms with E-state index >= 15 is 0 Å². The summed E-state index contributed by atoms with van der Waals surface area (Å²) < 4.78 is 5.04. The van der Waals surface area contributed by atoms with E-state index in [4.69, 9.17) is 4.52 Å². The number of amides is 2. The average molecular weight is 342 g/mol. The van der Waals surface area contributed by atoms with Crippen molar-refractivity contribution in [2.45, 2.75) is 51.0 Å². The van der Waals surface area contributed by atoms with E-state index in [1.807, 2.05) is 12.4 Å². The molecule has 0 bridgehead atoms. The molecule has 0 spiro atoms. The highest BCUT2D eigenvalue weighted by Crippen LogP contribution is 2.37.